The van der Waals surface area contributed by atoms with Crippen LogP contribution in [-0.4, -0.2) is 27.1 Å². The predicted octanol–water partition coefficient (Wildman–Crippen LogP) is 5.50. The lowest BCUT2D eigenvalue weighted by Gasteiger charge is -2.14. The molecule has 2 rings (SSSR count). The molecule has 27 heavy (non-hydrogen) atoms. The van der Waals surface area contributed by atoms with Crippen molar-refractivity contribution in [1.82, 2.24) is 4.98 Å². The number of benzene rings is 1. The van der Waals surface area contributed by atoms with Gasteiger partial charge < -0.3 is 10.2 Å². The molecule has 2 aromatic rings. The van der Waals surface area contributed by atoms with E-state index in [0.29, 0.717) is 17.1 Å². The number of rotatable bonds is 8. The van der Waals surface area contributed by atoms with E-state index in [0.717, 1.165) is 37.7 Å². The minimum atomic E-state index is -1.18. The van der Waals surface area contributed by atoms with Gasteiger partial charge in [0.25, 0.3) is 0 Å². The van der Waals surface area contributed by atoms with Crippen LogP contribution in [0.25, 0.3) is 0 Å². The Morgan fingerprint density at radius 1 is 0.963 bits per heavy atom. The normalized spacial score (nSPS) is 10.0. The van der Waals surface area contributed by atoms with E-state index in [1.807, 2.05) is 19.1 Å². The SMILES string of the molecule is CCCCc1ccc(C(=O)O)c(C(=O)O)c1CCCC.Clc1ccccn1. The van der Waals surface area contributed by atoms with Crippen molar-refractivity contribution in [2.24, 2.45) is 0 Å². The van der Waals surface area contributed by atoms with Crippen molar-refractivity contribution in [2.75, 3.05) is 0 Å². The van der Waals surface area contributed by atoms with Crippen molar-refractivity contribution in [3.05, 3.63) is 63.9 Å². The molecule has 0 amide bonds. The molecule has 0 aliphatic heterocycles. The second-order valence-corrected chi connectivity index (χ2v) is 6.48. The van der Waals surface area contributed by atoms with Gasteiger partial charge in [0.15, 0.2) is 0 Å². The quantitative estimate of drug-likeness (QED) is 0.580. The number of pyridine rings is 1. The first-order valence-electron chi connectivity index (χ1n) is 9.10. The molecule has 0 radical (unpaired) electrons. The number of aromatic carboxylic acids is 2. The van der Waals surface area contributed by atoms with Gasteiger partial charge in [-0.2, -0.15) is 0 Å². The fourth-order valence-electron chi connectivity index (χ4n) is 2.70. The van der Waals surface area contributed by atoms with E-state index in [2.05, 4.69) is 11.9 Å². The molecule has 0 saturated carbocycles. The van der Waals surface area contributed by atoms with Gasteiger partial charge in [0.05, 0.1) is 11.1 Å². The summed E-state index contributed by atoms with van der Waals surface area (Å²) in [5.74, 6) is -2.32. The molecule has 2 N–H and O–H groups in total. The van der Waals surface area contributed by atoms with Gasteiger partial charge in [0.2, 0.25) is 0 Å². The Hall–Kier alpha value is -2.40. The molecule has 1 aromatic heterocycles. The summed E-state index contributed by atoms with van der Waals surface area (Å²) in [5.41, 5.74) is 1.54. The van der Waals surface area contributed by atoms with Gasteiger partial charge >= 0.3 is 11.9 Å². The first-order chi connectivity index (χ1) is 12.9. The number of hydrogen-bond acceptors (Lipinski definition) is 3. The number of nitrogens with zero attached hydrogens (tertiary/aromatic N) is 1. The van der Waals surface area contributed by atoms with E-state index in [1.54, 1.807) is 18.3 Å². The van der Waals surface area contributed by atoms with Crippen molar-refractivity contribution in [1.29, 1.82) is 0 Å². The lowest BCUT2D eigenvalue weighted by molar-refractivity contribution is 0.0650. The van der Waals surface area contributed by atoms with Crippen molar-refractivity contribution in [3.63, 3.8) is 0 Å². The molecule has 0 aliphatic rings. The fourth-order valence-corrected chi connectivity index (χ4v) is 2.83. The summed E-state index contributed by atoms with van der Waals surface area (Å²) in [6.45, 7) is 4.11. The summed E-state index contributed by atoms with van der Waals surface area (Å²) in [4.78, 5) is 26.4. The van der Waals surface area contributed by atoms with E-state index >= 15 is 0 Å². The zero-order chi connectivity index (χ0) is 20.2. The maximum absolute atomic E-state index is 11.5. The number of hydrogen-bond donors (Lipinski definition) is 2. The van der Waals surface area contributed by atoms with Crippen LogP contribution >= 0.6 is 11.6 Å². The molecule has 1 heterocycles. The number of carboxylic acids is 2. The smallest absolute Gasteiger partial charge is 0.336 e. The Balaban J connectivity index is 0.000000433. The van der Waals surface area contributed by atoms with Crippen LogP contribution in [0.5, 0.6) is 0 Å². The van der Waals surface area contributed by atoms with Crippen LogP contribution in [0.1, 0.15) is 71.4 Å². The van der Waals surface area contributed by atoms with E-state index in [9.17, 15) is 14.7 Å². The molecule has 1 aromatic carbocycles. The van der Waals surface area contributed by atoms with Crippen molar-refractivity contribution in [2.45, 2.75) is 52.4 Å². The summed E-state index contributed by atoms with van der Waals surface area (Å²) < 4.78 is 0. The summed E-state index contributed by atoms with van der Waals surface area (Å²) in [7, 11) is 0. The second kappa shape index (κ2) is 12.1. The van der Waals surface area contributed by atoms with Crippen LogP contribution in [0, 0.1) is 0 Å². The van der Waals surface area contributed by atoms with Crippen LogP contribution in [-0.2, 0) is 12.8 Å². The minimum Gasteiger partial charge on any atom is -0.478 e. The molecule has 0 unspecified atom stereocenters. The van der Waals surface area contributed by atoms with Gasteiger partial charge in [-0.15, -0.1) is 0 Å². The molecule has 146 valence electrons. The van der Waals surface area contributed by atoms with Gasteiger partial charge in [-0.3, -0.25) is 0 Å². The molecule has 0 saturated heterocycles. The highest BCUT2D eigenvalue weighted by molar-refractivity contribution is 6.29. The molecule has 0 fully saturated rings. The van der Waals surface area contributed by atoms with Gasteiger partial charge in [0.1, 0.15) is 5.15 Å². The number of unbranched alkanes of at least 4 members (excludes halogenated alkanes) is 2. The van der Waals surface area contributed by atoms with E-state index < -0.39 is 11.9 Å². The van der Waals surface area contributed by atoms with Gasteiger partial charge in [-0.25, -0.2) is 14.6 Å². The van der Waals surface area contributed by atoms with Crippen LogP contribution in [0.2, 0.25) is 5.15 Å². The Kier molecular flexibility index (Phi) is 10.1. The molecular formula is C21H26ClNO4. The molecule has 0 bridgehead atoms. The summed E-state index contributed by atoms with van der Waals surface area (Å²) >= 11 is 5.43. The number of aromatic nitrogens is 1. The van der Waals surface area contributed by atoms with Crippen LogP contribution < -0.4 is 0 Å². The zero-order valence-electron chi connectivity index (χ0n) is 15.7. The lowest BCUT2D eigenvalue weighted by atomic mass is 9.90. The van der Waals surface area contributed by atoms with Gasteiger partial charge in [-0.1, -0.05) is 50.4 Å². The van der Waals surface area contributed by atoms with Crippen LogP contribution in [0.3, 0.4) is 0 Å². The van der Waals surface area contributed by atoms with Gasteiger partial charge in [0, 0.05) is 6.20 Å². The summed E-state index contributed by atoms with van der Waals surface area (Å²) in [5, 5.41) is 19.1. The topological polar surface area (TPSA) is 87.5 Å². The van der Waals surface area contributed by atoms with E-state index in [1.165, 1.54) is 6.07 Å². The standard InChI is InChI=1S/C16H22O4.C5H4ClN/c1-3-5-7-11-9-10-13(15(17)18)14(16(19)20)12(11)8-6-4-2;6-5-3-1-2-4-7-5/h9-10H,3-8H2,1-2H3,(H,17,18)(H,19,20);1-4H. The summed E-state index contributed by atoms with van der Waals surface area (Å²) in [6.07, 6.45) is 6.89. The number of halogens is 1. The average molecular weight is 392 g/mol. The third kappa shape index (κ3) is 7.39. The fraction of sp³-hybridized carbons (Fsp3) is 0.381. The number of aryl methyl sites for hydroxylation is 1. The van der Waals surface area contributed by atoms with Gasteiger partial charge in [-0.05, 0) is 55.0 Å². The Morgan fingerprint density at radius 2 is 1.63 bits per heavy atom. The Morgan fingerprint density at radius 3 is 2.07 bits per heavy atom. The summed E-state index contributed by atoms with van der Waals surface area (Å²) in [6, 6.07) is 8.60. The monoisotopic (exact) mass is 391 g/mol. The molecule has 0 aliphatic carbocycles. The number of carbonyl (C=O) groups is 2. The maximum atomic E-state index is 11.5. The Bertz CT molecular complexity index is 747. The highest BCUT2D eigenvalue weighted by Gasteiger charge is 2.22. The average Bonchev–Trinajstić information content (AvgIpc) is 2.65. The lowest BCUT2D eigenvalue weighted by Crippen LogP contribution is -2.14. The molecular weight excluding hydrogens is 366 g/mol. The molecule has 0 atom stereocenters. The van der Waals surface area contributed by atoms with Crippen molar-refractivity contribution >= 4 is 23.5 Å². The first kappa shape index (κ1) is 22.6. The van der Waals surface area contributed by atoms with Crippen LogP contribution in [0.4, 0.5) is 0 Å². The first-order valence-corrected chi connectivity index (χ1v) is 9.47. The minimum absolute atomic E-state index is 0.0282. The zero-order valence-corrected chi connectivity index (χ0v) is 16.5. The highest BCUT2D eigenvalue weighted by atomic mass is 35.5. The highest BCUT2D eigenvalue weighted by Crippen LogP contribution is 2.24. The second-order valence-electron chi connectivity index (χ2n) is 6.10. The predicted molar refractivity (Wildman–Crippen MR) is 107 cm³/mol. The van der Waals surface area contributed by atoms with Crippen LogP contribution in [0.15, 0.2) is 36.5 Å². The third-order valence-electron chi connectivity index (χ3n) is 4.06. The maximum Gasteiger partial charge on any atom is 0.336 e. The third-order valence-corrected chi connectivity index (χ3v) is 4.29. The number of carboxylic acid groups (broad SMARTS) is 2. The van der Waals surface area contributed by atoms with E-state index in [-0.39, 0.29) is 11.1 Å². The van der Waals surface area contributed by atoms with E-state index in [4.69, 9.17) is 16.7 Å². The molecule has 0 spiro atoms. The molecule has 6 heteroatoms. The van der Waals surface area contributed by atoms with Crippen molar-refractivity contribution in [3.8, 4) is 0 Å². The Labute approximate surface area is 165 Å². The largest absolute Gasteiger partial charge is 0.478 e. The van der Waals surface area contributed by atoms with Crippen molar-refractivity contribution < 1.29 is 19.8 Å². The molecule has 5 nitrogen and oxygen atoms in total.